The predicted molar refractivity (Wildman–Crippen MR) is 309 cm³/mol. The summed E-state index contributed by atoms with van der Waals surface area (Å²) in [5.41, 5.74) is 0.761. The molecular formula is C62H102O32. The second-order valence-corrected chi connectivity index (χ2v) is 29.0. The standard InChI is InChI=1S/C62H102O32/c1-22(20-82-54-46(77)43(74)39(70)32(16-63)86-54)8-13-62(81)23(2)36-31(94-62)15-29-27-7-6-25-14-26(9-11-60(25,4)28(27)10-12-61(29,36)5)85-58-52(92-56-47(78)42(73)37(68)24(3)84-56)49(80)50(35(19-66)89-58)90-59-53(93-57-48(79)44(75)40(71)33(17-64)87-57)51(41(72)34(18-65)88-59)91-55-45(76)38(69)30(67)21-83-55/h6,22-24,26-59,63-81H,7-21H2,1-5H3/t22?,23-,24+,26-,27+,28-,29-,30-,31-,32+,33+,34+,35+,36-,37+,38+,39+,40+,41+,42-,43-,44-,45-,46+,47-,48+,49-,50+,51-,52+,53+,54+,55-,56-,57-,58+,59-,60-,61-,62?/m0/s1. The lowest BCUT2D eigenvalue weighted by molar-refractivity contribution is -0.411. The third-order valence-electron chi connectivity index (χ3n) is 23.3. The van der Waals surface area contributed by atoms with Crippen molar-refractivity contribution in [2.45, 2.75) is 289 Å². The summed E-state index contributed by atoms with van der Waals surface area (Å²) in [7, 11) is 0. The number of ether oxygens (including phenoxy) is 13. The van der Waals surface area contributed by atoms with Crippen LogP contribution in [-0.4, -0.2) is 333 Å². The van der Waals surface area contributed by atoms with Crippen molar-refractivity contribution in [2.75, 3.05) is 39.6 Å². The van der Waals surface area contributed by atoms with Gasteiger partial charge in [-0.25, -0.2) is 0 Å². The minimum atomic E-state index is -2.09. The lowest BCUT2D eigenvalue weighted by Crippen LogP contribution is -2.69. The summed E-state index contributed by atoms with van der Waals surface area (Å²) >= 11 is 0. The molecule has 10 fully saturated rings. The van der Waals surface area contributed by atoms with E-state index in [1.807, 2.05) is 6.92 Å². The third kappa shape index (κ3) is 13.6. The number of hydrogen-bond acceptors (Lipinski definition) is 32. The maximum absolute atomic E-state index is 12.7. The van der Waals surface area contributed by atoms with E-state index in [1.54, 1.807) is 0 Å². The lowest BCUT2D eigenvalue weighted by atomic mass is 9.47. The van der Waals surface area contributed by atoms with Crippen LogP contribution in [0.3, 0.4) is 0 Å². The highest BCUT2D eigenvalue weighted by Crippen LogP contribution is 2.70. The molecule has 0 aromatic rings. The van der Waals surface area contributed by atoms with Crippen LogP contribution in [0.25, 0.3) is 0 Å². The summed E-state index contributed by atoms with van der Waals surface area (Å²) in [6.45, 7) is 6.23. The summed E-state index contributed by atoms with van der Waals surface area (Å²) in [6, 6.07) is 0. The summed E-state index contributed by atoms with van der Waals surface area (Å²) in [5.74, 6) is -0.764. The van der Waals surface area contributed by atoms with Gasteiger partial charge < -0.3 is 159 Å². The molecule has 32 nitrogen and oxygen atoms in total. The highest BCUT2D eigenvalue weighted by molar-refractivity contribution is 5.26. The van der Waals surface area contributed by atoms with Crippen molar-refractivity contribution in [1.82, 2.24) is 0 Å². The lowest BCUT2D eigenvalue weighted by Gasteiger charge is -2.58. The van der Waals surface area contributed by atoms with Crippen LogP contribution in [0.4, 0.5) is 0 Å². The van der Waals surface area contributed by atoms with Gasteiger partial charge in [0.2, 0.25) is 0 Å². The first-order valence-electron chi connectivity index (χ1n) is 33.4. The van der Waals surface area contributed by atoms with Gasteiger partial charge in [-0.15, -0.1) is 0 Å². The zero-order valence-corrected chi connectivity index (χ0v) is 53.4. The average molecular weight is 1360 g/mol. The van der Waals surface area contributed by atoms with E-state index >= 15 is 0 Å². The smallest absolute Gasteiger partial charge is 0.187 e. The molecule has 2 unspecified atom stereocenters. The normalized spacial score (nSPS) is 54.9. The Bertz CT molecular complexity index is 2510. The fourth-order valence-corrected chi connectivity index (χ4v) is 17.7. The Morgan fingerprint density at radius 3 is 1.73 bits per heavy atom. The van der Waals surface area contributed by atoms with Gasteiger partial charge in [-0.3, -0.25) is 0 Å². The van der Waals surface area contributed by atoms with Crippen LogP contribution >= 0.6 is 0 Å². The highest BCUT2D eigenvalue weighted by Gasteiger charge is 2.68. The molecule has 3 saturated carbocycles. The maximum atomic E-state index is 12.7. The second kappa shape index (κ2) is 29.4. The number of rotatable bonds is 20. The highest BCUT2D eigenvalue weighted by atomic mass is 16.8. The van der Waals surface area contributed by atoms with Crippen molar-refractivity contribution < 1.29 is 159 Å². The van der Waals surface area contributed by atoms with Gasteiger partial charge in [0.25, 0.3) is 0 Å². The van der Waals surface area contributed by atoms with Gasteiger partial charge in [0, 0.05) is 12.3 Å². The largest absolute Gasteiger partial charge is 0.394 e. The third-order valence-corrected chi connectivity index (χ3v) is 23.3. The summed E-state index contributed by atoms with van der Waals surface area (Å²) < 4.78 is 79.3. The molecule has 0 amide bonds. The van der Waals surface area contributed by atoms with E-state index in [2.05, 4.69) is 26.8 Å². The van der Waals surface area contributed by atoms with Gasteiger partial charge in [-0.1, -0.05) is 39.3 Å². The van der Waals surface area contributed by atoms with E-state index in [-0.39, 0.29) is 53.1 Å². The van der Waals surface area contributed by atoms with Crippen LogP contribution in [0, 0.1) is 46.3 Å². The number of aliphatic hydroxyl groups excluding tert-OH is 18. The van der Waals surface area contributed by atoms with Crippen LogP contribution in [0.15, 0.2) is 11.6 Å². The average Bonchev–Trinajstić information content (AvgIpc) is 1.50. The Morgan fingerprint density at radius 1 is 0.532 bits per heavy atom. The van der Waals surface area contributed by atoms with Crippen LogP contribution in [0.1, 0.15) is 92.4 Å². The van der Waals surface area contributed by atoms with Crippen LogP contribution in [0.5, 0.6) is 0 Å². The van der Waals surface area contributed by atoms with E-state index in [4.69, 9.17) is 61.6 Å². The van der Waals surface area contributed by atoms with Crippen molar-refractivity contribution in [1.29, 1.82) is 0 Å². The zero-order valence-electron chi connectivity index (χ0n) is 53.4. The van der Waals surface area contributed by atoms with Crippen LogP contribution in [0.2, 0.25) is 0 Å². The summed E-state index contributed by atoms with van der Waals surface area (Å²) in [5, 5.41) is 206. The fourth-order valence-electron chi connectivity index (χ4n) is 17.7. The van der Waals surface area contributed by atoms with E-state index < -0.39 is 223 Å². The van der Waals surface area contributed by atoms with Crippen LogP contribution in [-0.2, 0) is 61.6 Å². The Hall–Kier alpha value is -1.54. The molecule has 0 aromatic carbocycles. The molecule has 542 valence electrons. The summed E-state index contributed by atoms with van der Waals surface area (Å²) in [4.78, 5) is 0. The Labute approximate surface area is 543 Å². The SMILES string of the molecule is CC(CCC1(O)O[C@H]2C[C@H]3[C@@H]4CC=C5C[C@@H](O[C@@H]6O[C@H](CO)[C@@H](O[C@@H]7O[C@H](CO)[C@@H](O)[C@H](O[C@@H]8OC[C@H](O)[C@@H](O)[C@@H]8O)[C@H]7O[C@@H]7O[C@H](CO)[C@@H](O)[C@H](O)[C@H]7O)[C@H](O)[C@H]6O[C@@H]6O[C@H](C)[C@@H](O)[C@H](O)[C@@H]6O)CC[C@]5(C)[C@H]4CC[C@]3(C)[C@H]2[C@@H]1C)CO[C@@H]1O[C@H](CO)[C@@H](O)[C@H](O)[C@H]1O. The summed E-state index contributed by atoms with van der Waals surface area (Å²) in [6.07, 6.45) is -42.9. The fraction of sp³-hybridized carbons (Fsp3) is 0.968. The van der Waals surface area contributed by atoms with Crippen LogP contribution < -0.4 is 0 Å². The molecule has 11 aliphatic rings. The molecule has 0 radical (unpaired) electrons. The van der Waals surface area contributed by atoms with Crippen molar-refractivity contribution >= 4 is 0 Å². The first-order chi connectivity index (χ1) is 44.5. The van der Waals surface area contributed by atoms with E-state index in [9.17, 15) is 97.0 Å². The number of allylic oxidation sites excluding steroid dienone is 1. The maximum Gasteiger partial charge on any atom is 0.187 e. The molecule has 7 aliphatic heterocycles. The predicted octanol–water partition coefficient (Wildman–Crippen LogP) is -6.72. The first kappa shape index (κ1) is 73.7. The van der Waals surface area contributed by atoms with E-state index in [0.717, 1.165) is 31.3 Å². The topological polar surface area (TPSA) is 504 Å². The minimum Gasteiger partial charge on any atom is -0.394 e. The molecule has 32 heteroatoms. The number of hydrogen-bond donors (Lipinski definition) is 19. The molecule has 4 aliphatic carbocycles. The van der Waals surface area contributed by atoms with Crippen molar-refractivity contribution in [3.63, 3.8) is 0 Å². The second-order valence-electron chi connectivity index (χ2n) is 29.0. The Kier molecular flexibility index (Phi) is 23.1. The van der Waals surface area contributed by atoms with Gasteiger partial charge in [0.1, 0.15) is 134 Å². The monoisotopic (exact) mass is 1360 g/mol. The molecule has 11 rings (SSSR count). The Morgan fingerprint density at radius 2 is 1.07 bits per heavy atom. The van der Waals surface area contributed by atoms with Crippen molar-refractivity contribution in [2.24, 2.45) is 46.3 Å². The molecule has 0 spiro atoms. The molecule has 0 aromatic heterocycles. The molecule has 19 N–H and O–H groups in total. The van der Waals surface area contributed by atoms with Gasteiger partial charge in [-0.2, -0.15) is 0 Å². The van der Waals surface area contributed by atoms with Gasteiger partial charge in [0.05, 0.1) is 58.0 Å². The molecule has 7 saturated heterocycles. The van der Waals surface area contributed by atoms with E-state index in [1.165, 1.54) is 6.92 Å². The van der Waals surface area contributed by atoms with Gasteiger partial charge in [0.15, 0.2) is 43.5 Å². The first-order valence-corrected chi connectivity index (χ1v) is 33.4. The Balaban J connectivity index is 0.793. The van der Waals surface area contributed by atoms with Crippen molar-refractivity contribution in [3.8, 4) is 0 Å². The molecule has 7 heterocycles. The van der Waals surface area contributed by atoms with E-state index in [0.29, 0.717) is 38.0 Å². The van der Waals surface area contributed by atoms with Gasteiger partial charge >= 0.3 is 0 Å². The van der Waals surface area contributed by atoms with Gasteiger partial charge in [-0.05, 0) is 98.7 Å². The molecular weight excluding hydrogens is 1260 g/mol. The zero-order chi connectivity index (χ0) is 67.9. The molecule has 40 atom stereocenters. The molecule has 94 heavy (non-hydrogen) atoms. The quantitative estimate of drug-likeness (QED) is 0.0504. The van der Waals surface area contributed by atoms with Crippen molar-refractivity contribution in [3.05, 3.63) is 11.6 Å². The molecule has 0 bridgehead atoms. The minimum absolute atomic E-state index is 0.0818. The number of fused-ring (bicyclic) bond motifs is 7. The number of aliphatic hydroxyl groups is 19.